The average molecular weight is 243 g/mol. The van der Waals surface area contributed by atoms with Gasteiger partial charge in [-0.2, -0.15) is 0 Å². The van der Waals surface area contributed by atoms with Crippen LogP contribution in [-0.4, -0.2) is 31.1 Å². The predicted molar refractivity (Wildman–Crippen MR) is 64.3 cm³/mol. The average Bonchev–Trinajstić information content (AvgIpc) is 2.33. The lowest BCUT2D eigenvalue weighted by molar-refractivity contribution is 0.185. The first kappa shape index (κ1) is 11.8. The fraction of sp³-hybridized carbons (Fsp3) is 0.500. The molecule has 0 aromatic heterocycles. The van der Waals surface area contributed by atoms with Crippen LogP contribution in [-0.2, 0) is 0 Å². The predicted octanol–water partition coefficient (Wildman–Crippen LogP) is 2.45. The summed E-state index contributed by atoms with van der Waals surface area (Å²) in [6, 6.07) is 5.27. The first-order valence-corrected chi connectivity index (χ1v) is 5.96. The molecular formula is C12H16ClFN2. The van der Waals surface area contributed by atoms with Crippen molar-refractivity contribution in [2.24, 2.45) is 0 Å². The van der Waals surface area contributed by atoms with Gasteiger partial charge in [-0.3, -0.25) is 4.90 Å². The Hall–Kier alpha value is -0.640. The molecule has 1 saturated heterocycles. The molecule has 1 atom stereocenters. The number of rotatable bonds is 2. The molecule has 1 aromatic rings. The Morgan fingerprint density at radius 1 is 1.38 bits per heavy atom. The summed E-state index contributed by atoms with van der Waals surface area (Å²) in [4.78, 5) is 2.38. The zero-order valence-electron chi connectivity index (χ0n) is 9.34. The van der Waals surface area contributed by atoms with E-state index in [9.17, 15) is 4.39 Å². The molecule has 16 heavy (non-hydrogen) atoms. The molecule has 0 bridgehead atoms. The van der Waals surface area contributed by atoms with Crippen molar-refractivity contribution in [1.29, 1.82) is 0 Å². The van der Waals surface area contributed by atoms with E-state index in [0.29, 0.717) is 6.04 Å². The lowest BCUT2D eigenvalue weighted by Crippen LogP contribution is -2.44. The van der Waals surface area contributed by atoms with E-state index in [1.165, 1.54) is 6.07 Å². The third-order valence-electron chi connectivity index (χ3n) is 3.13. The van der Waals surface area contributed by atoms with Crippen molar-refractivity contribution in [1.82, 2.24) is 10.2 Å². The second-order valence-electron chi connectivity index (χ2n) is 4.14. The highest BCUT2D eigenvalue weighted by Crippen LogP contribution is 2.24. The lowest BCUT2D eigenvalue weighted by atomic mass is 10.1. The van der Waals surface area contributed by atoms with Crippen molar-refractivity contribution < 1.29 is 4.39 Å². The number of hydrogen-bond acceptors (Lipinski definition) is 2. The summed E-state index contributed by atoms with van der Waals surface area (Å²) in [7, 11) is 0. The van der Waals surface area contributed by atoms with Gasteiger partial charge < -0.3 is 5.32 Å². The quantitative estimate of drug-likeness (QED) is 0.857. The Morgan fingerprint density at radius 2 is 2.06 bits per heavy atom. The van der Waals surface area contributed by atoms with E-state index in [1.54, 1.807) is 6.07 Å². The molecule has 0 spiro atoms. The van der Waals surface area contributed by atoms with E-state index in [4.69, 9.17) is 11.6 Å². The van der Waals surface area contributed by atoms with Crippen LogP contribution in [0.5, 0.6) is 0 Å². The molecule has 1 fully saturated rings. The molecule has 2 rings (SSSR count). The third kappa shape index (κ3) is 2.54. The van der Waals surface area contributed by atoms with Gasteiger partial charge in [0.25, 0.3) is 0 Å². The summed E-state index contributed by atoms with van der Waals surface area (Å²) in [5, 5.41) is 3.52. The van der Waals surface area contributed by atoms with Gasteiger partial charge in [0.05, 0.1) is 5.02 Å². The smallest absolute Gasteiger partial charge is 0.141 e. The van der Waals surface area contributed by atoms with Crippen LogP contribution in [0.2, 0.25) is 5.02 Å². The molecule has 1 heterocycles. The van der Waals surface area contributed by atoms with Gasteiger partial charge >= 0.3 is 0 Å². The van der Waals surface area contributed by atoms with E-state index in [1.807, 2.05) is 6.07 Å². The first-order valence-electron chi connectivity index (χ1n) is 5.58. The monoisotopic (exact) mass is 242 g/mol. The number of hydrogen-bond donors (Lipinski definition) is 1. The molecule has 1 aliphatic rings. The molecule has 1 aliphatic heterocycles. The maximum Gasteiger partial charge on any atom is 0.141 e. The Morgan fingerprint density at radius 3 is 2.69 bits per heavy atom. The standard InChI is InChI=1S/C12H16ClFN2/c1-9(16-6-4-15-5-7-16)10-2-3-12(14)11(13)8-10/h2-3,8-9,15H,4-7H2,1H3/t9-/m1/s1. The van der Waals surface area contributed by atoms with Gasteiger partial charge in [-0.05, 0) is 24.6 Å². The maximum absolute atomic E-state index is 13.0. The van der Waals surface area contributed by atoms with Gasteiger partial charge in [0.15, 0.2) is 0 Å². The van der Waals surface area contributed by atoms with Gasteiger partial charge in [0.1, 0.15) is 5.82 Å². The topological polar surface area (TPSA) is 15.3 Å². The fourth-order valence-corrected chi connectivity index (χ4v) is 2.24. The third-order valence-corrected chi connectivity index (χ3v) is 3.42. The number of benzene rings is 1. The Bertz CT molecular complexity index is 364. The number of halogens is 2. The molecule has 88 valence electrons. The van der Waals surface area contributed by atoms with Crippen molar-refractivity contribution in [2.45, 2.75) is 13.0 Å². The normalized spacial score (nSPS) is 19.7. The van der Waals surface area contributed by atoms with Crippen molar-refractivity contribution in [3.63, 3.8) is 0 Å². The Balaban J connectivity index is 2.12. The SMILES string of the molecule is C[C@H](c1ccc(F)c(Cl)c1)N1CCNCC1. The number of piperazine rings is 1. The zero-order chi connectivity index (χ0) is 11.5. The van der Waals surface area contributed by atoms with Crippen LogP contribution in [0.3, 0.4) is 0 Å². The minimum absolute atomic E-state index is 0.208. The highest BCUT2D eigenvalue weighted by Gasteiger charge is 2.18. The van der Waals surface area contributed by atoms with Gasteiger partial charge in [0, 0.05) is 32.2 Å². The van der Waals surface area contributed by atoms with E-state index < -0.39 is 0 Å². The lowest BCUT2D eigenvalue weighted by Gasteiger charge is -2.33. The van der Waals surface area contributed by atoms with Gasteiger partial charge in [-0.15, -0.1) is 0 Å². The molecule has 2 nitrogen and oxygen atoms in total. The van der Waals surface area contributed by atoms with Crippen LogP contribution < -0.4 is 5.32 Å². The fourth-order valence-electron chi connectivity index (χ4n) is 2.05. The van der Waals surface area contributed by atoms with Crippen LogP contribution in [0.15, 0.2) is 18.2 Å². The van der Waals surface area contributed by atoms with Crippen molar-refractivity contribution in [2.75, 3.05) is 26.2 Å². The van der Waals surface area contributed by atoms with E-state index in [-0.39, 0.29) is 10.8 Å². The highest BCUT2D eigenvalue weighted by molar-refractivity contribution is 6.30. The molecule has 0 radical (unpaired) electrons. The van der Waals surface area contributed by atoms with E-state index in [2.05, 4.69) is 17.1 Å². The summed E-state index contributed by atoms with van der Waals surface area (Å²) in [6.45, 7) is 6.21. The van der Waals surface area contributed by atoms with E-state index in [0.717, 1.165) is 31.7 Å². The molecule has 1 aromatic carbocycles. The maximum atomic E-state index is 13.0. The molecular weight excluding hydrogens is 227 g/mol. The number of nitrogens with zero attached hydrogens (tertiary/aromatic N) is 1. The number of nitrogens with one attached hydrogen (secondary N) is 1. The molecule has 0 saturated carbocycles. The minimum Gasteiger partial charge on any atom is -0.314 e. The molecule has 1 N–H and O–H groups in total. The van der Waals surface area contributed by atoms with Crippen LogP contribution in [0.1, 0.15) is 18.5 Å². The second kappa shape index (κ2) is 5.13. The molecule has 4 heteroatoms. The molecule has 0 amide bonds. The van der Waals surface area contributed by atoms with Crippen molar-refractivity contribution in [3.8, 4) is 0 Å². The zero-order valence-corrected chi connectivity index (χ0v) is 10.1. The first-order chi connectivity index (χ1) is 7.68. The Kier molecular flexibility index (Phi) is 3.79. The van der Waals surface area contributed by atoms with Gasteiger partial charge in [0.2, 0.25) is 0 Å². The highest BCUT2D eigenvalue weighted by atomic mass is 35.5. The van der Waals surface area contributed by atoms with Crippen LogP contribution in [0.25, 0.3) is 0 Å². The second-order valence-corrected chi connectivity index (χ2v) is 4.54. The summed E-state index contributed by atoms with van der Waals surface area (Å²) >= 11 is 5.79. The van der Waals surface area contributed by atoms with Crippen LogP contribution >= 0.6 is 11.6 Å². The summed E-state index contributed by atoms with van der Waals surface area (Å²) in [5.41, 5.74) is 1.08. The van der Waals surface area contributed by atoms with Gasteiger partial charge in [-0.25, -0.2) is 4.39 Å². The van der Waals surface area contributed by atoms with Crippen LogP contribution in [0.4, 0.5) is 4.39 Å². The minimum atomic E-state index is -0.349. The molecule has 0 aliphatic carbocycles. The van der Waals surface area contributed by atoms with Crippen LogP contribution in [0, 0.1) is 5.82 Å². The van der Waals surface area contributed by atoms with E-state index >= 15 is 0 Å². The molecule has 0 unspecified atom stereocenters. The largest absolute Gasteiger partial charge is 0.314 e. The summed E-state index contributed by atoms with van der Waals surface area (Å²) in [5.74, 6) is -0.349. The Labute approximate surface area is 100 Å². The van der Waals surface area contributed by atoms with Gasteiger partial charge in [-0.1, -0.05) is 17.7 Å². The van der Waals surface area contributed by atoms with Crippen molar-refractivity contribution >= 4 is 11.6 Å². The van der Waals surface area contributed by atoms with Crippen molar-refractivity contribution in [3.05, 3.63) is 34.6 Å². The summed E-state index contributed by atoms with van der Waals surface area (Å²) < 4.78 is 13.0. The summed E-state index contributed by atoms with van der Waals surface area (Å²) in [6.07, 6.45) is 0.